The molecule has 0 atom stereocenters. The number of fused-ring (bicyclic) bond motifs is 1. The van der Waals surface area contributed by atoms with Crippen LogP contribution in [0.3, 0.4) is 0 Å². The molecule has 0 fully saturated rings. The molecule has 3 rings (SSSR count). The van der Waals surface area contributed by atoms with Gasteiger partial charge in [-0.3, -0.25) is 9.69 Å². The normalized spacial score (nSPS) is 11.7. The third kappa shape index (κ3) is 4.67. The third-order valence-electron chi connectivity index (χ3n) is 4.22. The minimum absolute atomic E-state index is 0.259. The van der Waals surface area contributed by atoms with Crippen molar-refractivity contribution in [2.75, 3.05) is 31.9 Å². The van der Waals surface area contributed by atoms with Crippen molar-refractivity contribution in [1.29, 1.82) is 0 Å². The lowest BCUT2D eigenvalue weighted by molar-refractivity contribution is -0.118. The molecule has 148 valence electrons. The van der Waals surface area contributed by atoms with Gasteiger partial charge >= 0.3 is 0 Å². The maximum Gasteiger partial charge on any atom is 0.244 e. The van der Waals surface area contributed by atoms with Crippen molar-refractivity contribution in [2.24, 2.45) is 0 Å². The second-order valence-electron chi connectivity index (χ2n) is 6.31. The van der Waals surface area contributed by atoms with E-state index >= 15 is 0 Å². The number of hydrogen-bond acceptors (Lipinski definition) is 6. The zero-order valence-corrected chi connectivity index (χ0v) is 17.5. The molecule has 0 saturated carbocycles. The number of ether oxygens (including phenoxy) is 1. The van der Waals surface area contributed by atoms with Crippen molar-refractivity contribution < 1.29 is 17.9 Å². The molecule has 0 aliphatic carbocycles. The van der Waals surface area contributed by atoms with E-state index in [-0.39, 0.29) is 12.5 Å². The van der Waals surface area contributed by atoms with Crippen LogP contribution < -0.4 is 9.64 Å². The zero-order valence-electron chi connectivity index (χ0n) is 15.8. The highest BCUT2D eigenvalue weighted by atomic mass is 32.2. The molecule has 0 N–H and O–H groups in total. The molecule has 0 radical (unpaired) electrons. The summed E-state index contributed by atoms with van der Waals surface area (Å²) in [4.78, 5) is 19.1. The Morgan fingerprint density at radius 1 is 1.18 bits per heavy atom. The van der Waals surface area contributed by atoms with E-state index in [1.165, 1.54) is 23.3 Å². The van der Waals surface area contributed by atoms with Gasteiger partial charge in [0.15, 0.2) is 5.13 Å². The van der Waals surface area contributed by atoms with Crippen molar-refractivity contribution in [1.82, 2.24) is 9.29 Å². The summed E-state index contributed by atoms with van der Waals surface area (Å²) < 4.78 is 30.6. The lowest BCUT2D eigenvalue weighted by Crippen LogP contribution is -2.40. The monoisotopic (exact) mass is 419 g/mol. The number of sulfonamides is 1. The average molecular weight is 420 g/mol. The number of carbonyl (C=O) groups excluding carboxylic acids is 1. The van der Waals surface area contributed by atoms with Gasteiger partial charge in [-0.15, -0.1) is 0 Å². The summed E-state index contributed by atoms with van der Waals surface area (Å²) in [5.41, 5.74) is 1.65. The van der Waals surface area contributed by atoms with Gasteiger partial charge in [0, 0.05) is 13.1 Å². The Balaban J connectivity index is 1.96. The Hall–Kier alpha value is -2.49. The summed E-state index contributed by atoms with van der Waals surface area (Å²) in [6.07, 6.45) is 1.08. The number of methoxy groups -OCH3 is 1. The maximum absolute atomic E-state index is 13.0. The summed E-state index contributed by atoms with van der Waals surface area (Å²) in [5.74, 6) is 0.338. The smallest absolute Gasteiger partial charge is 0.244 e. The Morgan fingerprint density at radius 2 is 1.89 bits per heavy atom. The van der Waals surface area contributed by atoms with Crippen LogP contribution in [0.25, 0.3) is 10.2 Å². The fourth-order valence-corrected chi connectivity index (χ4v) is 3.87. The number of aromatic nitrogens is 1. The number of rotatable bonds is 7. The lowest BCUT2D eigenvalue weighted by atomic mass is 10.2. The Labute approximate surface area is 168 Å². The first-order chi connectivity index (χ1) is 13.3. The fraction of sp³-hybridized carbons (Fsp3) is 0.263. The molecule has 0 aliphatic rings. The van der Waals surface area contributed by atoms with E-state index < -0.39 is 10.0 Å². The van der Waals surface area contributed by atoms with Crippen LogP contribution in [-0.4, -0.2) is 50.6 Å². The number of amides is 1. The molecule has 1 aromatic heterocycles. The molecule has 0 spiro atoms. The van der Waals surface area contributed by atoms with Gasteiger partial charge in [0.1, 0.15) is 5.75 Å². The highest BCUT2D eigenvalue weighted by Gasteiger charge is 2.24. The van der Waals surface area contributed by atoms with Gasteiger partial charge < -0.3 is 4.74 Å². The van der Waals surface area contributed by atoms with E-state index in [2.05, 4.69) is 4.98 Å². The van der Waals surface area contributed by atoms with Crippen molar-refractivity contribution in [3.05, 3.63) is 54.1 Å². The summed E-state index contributed by atoms with van der Waals surface area (Å²) in [6, 6.07) is 15.1. The minimum Gasteiger partial charge on any atom is -0.497 e. The Morgan fingerprint density at radius 3 is 2.54 bits per heavy atom. The van der Waals surface area contributed by atoms with Crippen LogP contribution in [0.15, 0.2) is 48.5 Å². The first-order valence-electron chi connectivity index (χ1n) is 8.48. The van der Waals surface area contributed by atoms with Crippen LogP contribution in [0.2, 0.25) is 0 Å². The molecule has 9 heteroatoms. The Bertz CT molecular complexity index is 1080. The van der Waals surface area contributed by atoms with Crippen LogP contribution in [0.5, 0.6) is 5.75 Å². The van der Waals surface area contributed by atoms with E-state index in [1.807, 2.05) is 48.5 Å². The van der Waals surface area contributed by atoms with Gasteiger partial charge in [-0.1, -0.05) is 41.7 Å². The summed E-state index contributed by atoms with van der Waals surface area (Å²) in [7, 11) is -0.498. The maximum atomic E-state index is 13.0. The van der Waals surface area contributed by atoms with Gasteiger partial charge in [0.05, 0.1) is 36.7 Å². The fourth-order valence-electron chi connectivity index (χ4n) is 2.56. The van der Waals surface area contributed by atoms with E-state index in [4.69, 9.17) is 4.74 Å². The highest BCUT2D eigenvalue weighted by Crippen LogP contribution is 2.32. The standard InChI is InChI=1S/C19H21N3O4S2/c1-21(28(3,24)25)13-18(23)22(12-14-7-5-4-6-8-14)19-20-16-11-15(26-2)9-10-17(16)27-19/h4-11H,12-13H2,1-3H3. The van der Waals surface area contributed by atoms with Crippen molar-refractivity contribution in [3.8, 4) is 5.75 Å². The van der Waals surface area contributed by atoms with E-state index in [0.29, 0.717) is 17.4 Å². The molecular weight excluding hydrogens is 398 g/mol. The first kappa shape index (κ1) is 20.2. The molecule has 28 heavy (non-hydrogen) atoms. The second-order valence-corrected chi connectivity index (χ2v) is 9.41. The molecule has 1 amide bonds. The van der Waals surface area contributed by atoms with Gasteiger partial charge in [0.2, 0.25) is 15.9 Å². The van der Waals surface area contributed by atoms with Crippen LogP contribution in [-0.2, 0) is 21.4 Å². The van der Waals surface area contributed by atoms with Gasteiger partial charge in [0.25, 0.3) is 0 Å². The molecule has 7 nitrogen and oxygen atoms in total. The predicted octanol–water partition coefficient (Wildman–Crippen LogP) is 2.73. The summed E-state index contributed by atoms with van der Waals surface area (Å²) in [5, 5.41) is 0.513. The van der Waals surface area contributed by atoms with E-state index in [9.17, 15) is 13.2 Å². The van der Waals surface area contributed by atoms with Crippen LogP contribution in [0.4, 0.5) is 5.13 Å². The topological polar surface area (TPSA) is 79.8 Å². The van der Waals surface area contributed by atoms with E-state index in [0.717, 1.165) is 26.3 Å². The molecule has 0 aliphatic heterocycles. The number of carbonyl (C=O) groups is 1. The van der Waals surface area contributed by atoms with Crippen molar-refractivity contribution in [2.45, 2.75) is 6.54 Å². The minimum atomic E-state index is -3.47. The third-order valence-corrected chi connectivity index (χ3v) is 6.54. The lowest BCUT2D eigenvalue weighted by Gasteiger charge is -2.22. The van der Waals surface area contributed by atoms with Gasteiger partial charge in [-0.2, -0.15) is 4.31 Å². The molecule has 0 bridgehead atoms. The molecule has 2 aromatic carbocycles. The second kappa shape index (κ2) is 8.26. The average Bonchev–Trinajstić information content (AvgIpc) is 3.08. The first-order valence-corrected chi connectivity index (χ1v) is 11.1. The highest BCUT2D eigenvalue weighted by molar-refractivity contribution is 7.88. The van der Waals surface area contributed by atoms with Crippen molar-refractivity contribution in [3.63, 3.8) is 0 Å². The predicted molar refractivity (Wildman–Crippen MR) is 111 cm³/mol. The molecule has 0 unspecified atom stereocenters. The number of nitrogens with zero attached hydrogens (tertiary/aromatic N) is 3. The van der Waals surface area contributed by atoms with Crippen LogP contribution in [0.1, 0.15) is 5.56 Å². The summed E-state index contributed by atoms with van der Waals surface area (Å²) in [6.45, 7) is 0.0408. The molecule has 1 heterocycles. The van der Waals surface area contributed by atoms with Crippen LogP contribution in [0, 0.1) is 0 Å². The summed E-state index contributed by atoms with van der Waals surface area (Å²) >= 11 is 1.38. The Kier molecular flexibility index (Phi) is 5.97. The molecule has 0 saturated heterocycles. The quantitative estimate of drug-likeness (QED) is 0.588. The van der Waals surface area contributed by atoms with Gasteiger partial charge in [-0.05, 0) is 17.7 Å². The number of hydrogen-bond donors (Lipinski definition) is 0. The number of anilines is 1. The molecular formula is C19H21N3O4S2. The number of benzene rings is 2. The number of likely N-dealkylation sites (N-methyl/N-ethyl adjacent to an activating group) is 1. The van der Waals surface area contributed by atoms with E-state index in [1.54, 1.807) is 7.11 Å². The van der Waals surface area contributed by atoms with Crippen LogP contribution >= 0.6 is 11.3 Å². The number of thiazole rings is 1. The largest absolute Gasteiger partial charge is 0.497 e. The SMILES string of the molecule is COc1ccc2sc(N(Cc3ccccc3)C(=O)CN(C)S(C)(=O)=O)nc2c1. The zero-order chi connectivity index (χ0) is 20.3. The molecule has 3 aromatic rings. The van der Waals surface area contributed by atoms with Crippen molar-refractivity contribution >= 4 is 42.6 Å². The van der Waals surface area contributed by atoms with Gasteiger partial charge in [-0.25, -0.2) is 13.4 Å².